The molecule has 1 aromatic carbocycles. The number of fused-ring (bicyclic) bond motifs is 1. The van der Waals surface area contributed by atoms with Crippen LogP contribution in [0, 0.1) is 0 Å². The van der Waals surface area contributed by atoms with Gasteiger partial charge in [-0.25, -0.2) is 9.78 Å². The molecule has 2 rings (SSSR count). The van der Waals surface area contributed by atoms with Gasteiger partial charge in [-0.1, -0.05) is 0 Å². The van der Waals surface area contributed by atoms with Crippen LogP contribution in [0.4, 0.5) is 0 Å². The summed E-state index contributed by atoms with van der Waals surface area (Å²) in [6, 6.07) is 7.08. The number of hydrogen-bond donors (Lipinski definition) is 0. The molecule has 0 amide bonds. The normalized spacial score (nSPS) is 10.4. The third-order valence-corrected chi connectivity index (χ3v) is 3.26. The number of pyridine rings is 1. The number of esters is 2. The zero-order valence-electron chi connectivity index (χ0n) is 13.4. The maximum absolute atomic E-state index is 12.0. The van der Waals surface area contributed by atoms with Crippen LogP contribution in [0.15, 0.2) is 24.3 Å². The lowest BCUT2D eigenvalue weighted by Gasteiger charge is -2.11. The summed E-state index contributed by atoms with van der Waals surface area (Å²) in [7, 11) is 1.58. The molecule has 1 aromatic heterocycles. The van der Waals surface area contributed by atoms with E-state index in [0.29, 0.717) is 17.7 Å². The summed E-state index contributed by atoms with van der Waals surface area (Å²) in [5.74, 6) is -0.123. The van der Waals surface area contributed by atoms with E-state index in [1.807, 2.05) is 6.07 Å². The standard InChI is InChI=1S/C17H19NO5/c1-4-22-17(20)16-9-12(7-8-23-11(2)19)14-10-13(21-3)5-6-15(14)18-16/h5-6,9-10H,4,7-8H2,1-3H3. The Morgan fingerprint density at radius 2 is 1.96 bits per heavy atom. The van der Waals surface area contributed by atoms with Crippen molar-refractivity contribution in [3.05, 3.63) is 35.5 Å². The van der Waals surface area contributed by atoms with Gasteiger partial charge in [-0.05, 0) is 36.8 Å². The molecule has 0 fully saturated rings. The highest BCUT2D eigenvalue weighted by molar-refractivity contribution is 5.93. The Bertz CT molecular complexity index is 726. The first-order valence-corrected chi connectivity index (χ1v) is 7.33. The molecule has 23 heavy (non-hydrogen) atoms. The highest BCUT2D eigenvalue weighted by Gasteiger charge is 2.14. The number of rotatable bonds is 6. The lowest BCUT2D eigenvalue weighted by molar-refractivity contribution is -0.140. The van der Waals surface area contributed by atoms with E-state index in [1.165, 1.54) is 6.92 Å². The predicted molar refractivity (Wildman–Crippen MR) is 84.6 cm³/mol. The van der Waals surface area contributed by atoms with Gasteiger partial charge in [-0.3, -0.25) is 4.79 Å². The second-order valence-electron chi connectivity index (χ2n) is 4.86. The predicted octanol–water partition coefficient (Wildman–Crippen LogP) is 2.53. The molecule has 0 saturated carbocycles. The number of hydrogen-bond acceptors (Lipinski definition) is 6. The summed E-state index contributed by atoms with van der Waals surface area (Å²) < 4.78 is 15.2. The van der Waals surface area contributed by atoms with Crippen molar-refractivity contribution < 1.29 is 23.8 Å². The maximum Gasteiger partial charge on any atom is 0.356 e. The summed E-state index contributed by atoms with van der Waals surface area (Å²) in [6.45, 7) is 3.61. The van der Waals surface area contributed by atoms with Gasteiger partial charge >= 0.3 is 11.9 Å². The van der Waals surface area contributed by atoms with Crippen molar-refractivity contribution in [1.29, 1.82) is 0 Å². The Balaban J connectivity index is 2.44. The van der Waals surface area contributed by atoms with Crippen LogP contribution in [0.1, 0.15) is 29.9 Å². The van der Waals surface area contributed by atoms with E-state index in [0.717, 1.165) is 10.9 Å². The van der Waals surface area contributed by atoms with Gasteiger partial charge in [0.15, 0.2) is 0 Å². The Kier molecular flexibility index (Phi) is 5.51. The Morgan fingerprint density at radius 3 is 2.61 bits per heavy atom. The fraction of sp³-hybridized carbons (Fsp3) is 0.353. The Morgan fingerprint density at radius 1 is 1.17 bits per heavy atom. The molecule has 6 heteroatoms. The van der Waals surface area contributed by atoms with Crippen LogP contribution in [0.3, 0.4) is 0 Å². The van der Waals surface area contributed by atoms with Gasteiger partial charge in [-0.15, -0.1) is 0 Å². The number of carbonyl (C=O) groups excluding carboxylic acids is 2. The summed E-state index contributed by atoms with van der Waals surface area (Å²) in [5, 5.41) is 0.851. The fourth-order valence-electron chi connectivity index (χ4n) is 2.22. The topological polar surface area (TPSA) is 74.7 Å². The number of aromatic nitrogens is 1. The minimum atomic E-state index is -0.473. The van der Waals surface area contributed by atoms with E-state index < -0.39 is 5.97 Å². The van der Waals surface area contributed by atoms with Gasteiger partial charge < -0.3 is 14.2 Å². The molecular weight excluding hydrogens is 298 g/mol. The average molecular weight is 317 g/mol. The van der Waals surface area contributed by atoms with Crippen molar-refractivity contribution in [2.24, 2.45) is 0 Å². The number of carbonyl (C=O) groups is 2. The van der Waals surface area contributed by atoms with E-state index in [1.54, 1.807) is 32.2 Å². The van der Waals surface area contributed by atoms with Crippen molar-refractivity contribution in [2.45, 2.75) is 20.3 Å². The highest BCUT2D eigenvalue weighted by atomic mass is 16.5. The molecule has 0 unspecified atom stereocenters. The van der Waals surface area contributed by atoms with Crippen LogP contribution in [0.25, 0.3) is 10.9 Å². The fourth-order valence-corrected chi connectivity index (χ4v) is 2.22. The third-order valence-electron chi connectivity index (χ3n) is 3.26. The molecule has 0 saturated heterocycles. The molecule has 0 atom stereocenters. The van der Waals surface area contributed by atoms with E-state index in [4.69, 9.17) is 14.2 Å². The molecule has 122 valence electrons. The van der Waals surface area contributed by atoms with Crippen LogP contribution in [-0.2, 0) is 20.7 Å². The van der Waals surface area contributed by atoms with Crippen LogP contribution in [-0.4, -0.2) is 37.2 Å². The molecular formula is C17H19NO5. The Hall–Kier alpha value is -2.63. The zero-order chi connectivity index (χ0) is 16.8. The van der Waals surface area contributed by atoms with Gasteiger partial charge in [0, 0.05) is 18.7 Å². The van der Waals surface area contributed by atoms with Gasteiger partial charge in [0.05, 0.1) is 25.8 Å². The van der Waals surface area contributed by atoms with Crippen molar-refractivity contribution in [2.75, 3.05) is 20.3 Å². The van der Waals surface area contributed by atoms with Crippen molar-refractivity contribution >= 4 is 22.8 Å². The van der Waals surface area contributed by atoms with Crippen LogP contribution < -0.4 is 4.74 Å². The molecule has 0 bridgehead atoms. The average Bonchev–Trinajstić information content (AvgIpc) is 2.54. The lowest BCUT2D eigenvalue weighted by atomic mass is 10.0. The molecule has 0 aliphatic heterocycles. The zero-order valence-corrected chi connectivity index (χ0v) is 13.4. The monoisotopic (exact) mass is 317 g/mol. The van der Waals surface area contributed by atoms with Crippen molar-refractivity contribution in [3.8, 4) is 5.75 Å². The van der Waals surface area contributed by atoms with Gasteiger partial charge in [0.2, 0.25) is 0 Å². The molecule has 0 aliphatic rings. The molecule has 0 spiro atoms. The molecule has 6 nitrogen and oxygen atoms in total. The molecule has 1 heterocycles. The SMILES string of the molecule is CCOC(=O)c1cc(CCOC(C)=O)c2cc(OC)ccc2n1. The van der Waals surface area contributed by atoms with Crippen LogP contribution in [0.2, 0.25) is 0 Å². The lowest BCUT2D eigenvalue weighted by Crippen LogP contribution is -2.10. The molecule has 0 aliphatic carbocycles. The molecule has 0 N–H and O–H groups in total. The first-order valence-electron chi connectivity index (χ1n) is 7.33. The minimum absolute atomic E-state index is 0.230. The van der Waals surface area contributed by atoms with Crippen molar-refractivity contribution in [3.63, 3.8) is 0 Å². The van der Waals surface area contributed by atoms with Crippen molar-refractivity contribution in [1.82, 2.24) is 4.98 Å². The second-order valence-corrected chi connectivity index (χ2v) is 4.86. The van der Waals surface area contributed by atoms with Gasteiger partial charge in [0.1, 0.15) is 11.4 Å². The second kappa shape index (κ2) is 7.58. The van der Waals surface area contributed by atoms with Crippen LogP contribution >= 0.6 is 0 Å². The first-order chi connectivity index (χ1) is 11.0. The summed E-state index contributed by atoms with van der Waals surface area (Å²) >= 11 is 0. The van der Waals surface area contributed by atoms with Gasteiger partial charge in [0.25, 0.3) is 0 Å². The van der Waals surface area contributed by atoms with E-state index >= 15 is 0 Å². The van der Waals surface area contributed by atoms with Crippen LogP contribution in [0.5, 0.6) is 5.75 Å². The first kappa shape index (κ1) is 16.7. The number of ether oxygens (including phenoxy) is 3. The minimum Gasteiger partial charge on any atom is -0.497 e. The Labute approximate surface area is 134 Å². The summed E-state index contributed by atoms with van der Waals surface area (Å²) in [4.78, 5) is 27.2. The highest BCUT2D eigenvalue weighted by Crippen LogP contribution is 2.24. The van der Waals surface area contributed by atoms with E-state index in [2.05, 4.69) is 4.98 Å². The molecule has 0 radical (unpaired) electrons. The maximum atomic E-state index is 12.0. The van der Waals surface area contributed by atoms with Gasteiger partial charge in [-0.2, -0.15) is 0 Å². The summed E-state index contributed by atoms with van der Waals surface area (Å²) in [6.07, 6.45) is 0.470. The number of benzene rings is 1. The third kappa shape index (κ3) is 4.18. The number of methoxy groups -OCH3 is 1. The van der Waals surface area contributed by atoms with E-state index in [-0.39, 0.29) is 24.9 Å². The largest absolute Gasteiger partial charge is 0.497 e. The summed E-state index contributed by atoms with van der Waals surface area (Å²) in [5.41, 5.74) is 1.75. The smallest absolute Gasteiger partial charge is 0.356 e. The quantitative estimate of drug-likeness (QED) is 0.762. The number of nitrogens with zero attached hydrogens (tertiary/aromatic N) is 1. The molecule has 2 aromatic rings. The van der Waals surface area contributed by atoms with E-state index in [9.17, 15) is 9.59 Å².